The summed E-state index contributed by atoms with van der Waals surface area (Å²) in [5.41, 5.74) is 2.26. The van der Waals surface area contributed by atoms with Crippen LogP contribution in [0.5, 0.6) is 0 Å². The van der Waals surface area contributed by atoms with Gasteiger partial charge in [0.2, 0.25) is 0 Å². The normalized spacial score (nSPS) is 16.1. The number of hydrogen-bond acceptors (Lipinski definition) is 3. The Morgan fingerprint density at radius 3 is 2.87 bits per heavy atom. The highest BCUT2D eigenvalue weighted by molar-refractivity contribution is 5.89. The van der Waals surface area contributed by atoms with E-state index in [1.165, 1.54) is 18.5 Å². The van der Waals surface area contributed by atoms with Gasteiger partial charge in [-0.25, -0.2) is 0 Å². The molecular weight excluding hydrogens is 186 g/mol. The van der Waals surface area contributed by atoms with E-state index in [2.05, 4.69) is 20.9 Å². The molecule has 1 aliphatic rings. The highest BCUT2D eigenvalue weighted by Gasteiger charge is 2.15. The first kappa shape index (κ1) is 8.65. The Morgan fingerprint density at radius 2 is 2.00 bits per heavy atom. The second-order valence-corrected chi connectivity index (χ2v) is 3.93. The molecule has 3 rings (SSSR count). The van der Waals surface area contributed by atoms with Crippen LogP contribution in [0.1, 0.15) is 12.8 Å². The van der Waals surface area contributed by atoms with Gasteiger partial charge in [0.25, 0.3) is 0 Å². The second-order valence-electron chi connectivity index (χ2n) is 3.93. The van der Waals surface area contributed by atoms with Crippen LogP contribution in [0.2, 0.25) is 0 Å². The maximum absolute atomic E-state index is 4.44. The predicted octanol–water partition coefficient (Wildman–Crippen LogP) is 2.23. The molecule has 0 aromatic carbocycles. The minimum absolute atomic E-state index is 1.08. The Hall–Kier alpha value is -1.64. The molecule has 0 bridgehead atoms. The second kappa shape index (κ2) is 3.50. The van der Waals surface area contributed by atoms with Crippen LogP contribution in [0.25, 0.3) is 10.9 Å². The van der Waals surface area contributed by atoms with Crippen molar-refractivity contribution in [1.82, 2.24) is 9.97 Å². The number of aromatic nitrogens is 2. The quantitative estimate of drug-likeness (QED) is 0.705. The Balaban J connectivity index is 2.16. The standard InChI is InChI=1S/C12H13N3/c1-2-7-15(6-1)11-9-13-8-10-4-3-5-14-12(10)11/h3-5,8-9H,1-2,6-7H2. The van der Waals surface area contributed by atoms with Gasteiger partial charge < -0.3 is 4.90 Å². The summed E-state index contributed by atoms with van der Waals surface area (Å²) < 4.78 is 0. The van der Waals surface area contributed by atoms with Crippen molar-refractivity contribution in [2.75, 3.05) is 18.0 Å². The van der Waals surface area contributed by atoms with E-state index < -0.39 is 0 Å². The average Bonchev–Trinajstić information content (AvgIpc) is 2.82. The van der Waals surface area contributed by atoms with Gasteiger partial charge >= 0.3 is 0 Å². The van der Waals surface area contributed by atoms with E-state index in [9.17, 15) is 0 Å². The molecule has 1 saturated heterocycles. The lowest BCUT2D eigenvalue weighted by Gasteiger charge is -2.18. The van der Waals surface area contributed by atoms with Crippen LogP contribution in [0, 0.1) is 0 Å². The van der Waals surface area contributed by atoms with Gasteiger partial charge in [-0.05, 0) is 25.0 Å². The van der Waals surface area contributed by atoms with Crippen molar-refractivity contribution in [1.29, 1.82) is 0 Å². The van der Waals surface area contributed by atoms with Crippen molar-refractivity contribution in [2.24, 2.45) is 0 Å². The summed E-state index contributed by atoms with van der Waals surface area (Å²) in [7, 11) is 0. The Kier molecular flexibility index (Phi) is 2.02. The van der Waals surface area contributed by atoms with Crippen molar-refractivity contribution in [3.8, 4) is 0 Å². The summed E-state index contributed by atoms with van der Waals surface area (Å²) in [5, 5.41) is 1.13. The first-order valence-corrected chi connectivity index (χ1v) is 5.39. The molecule has 2 aromatic heterocycles. The zero-order valence-corrected chi connectivity index (χ0v) is 8.56. The molecule has 0 saturated carbocycles. The van der Waals surface area contributed by atoms with E-state index in [0.29, 0.717) is 0 Å². The van der Waals surface area contributed by atoms with Crippen LogP contribution >= 0.6 is 0 Å². The number of nitrogens with zero attached hydrogens (tertiary/aromatic N) is 3. The average molecular weight is 199 g/mol. The van der Waals surface area contributed by atoms with Crippen molar-refractivity contribution >= 4 is 16.6 Å². The Morgan fingerprint density at radius 1 is 1.13 bits per heavy atom. The maximum atomic E-state index is 4.44. The molecule has 3 nitrogen and oxygen atoms in total. The molecule has 0 atom stereocenters. The van der Waals surface area contributed by atoms with Gasteiger partial charge in [-0.1, -0.05) is 0 Å². The van der Waals surface area contributed by atoms with Crippen LogP contribution in [0.15, 0.2) is 30.7 Å². The smallest absolute Gasteiger partial charge is 0.0966 e. The summed E-state index contributed by atoms with van der Waals surface area (Å²) >= 11 is 0. The summed E-state index contributed by atoms with van der Waals surface area (Å²) in [4.78, 5) is 11.1. The predicted molar refractivity (Wildman–Crippen MR) is 61.0 cm³/mol. The van der Waals surface area contributed by atoms with Gasteiger partial charge in [0, 0.05) is 30.9 Å². The van der Waals surface area contributed by atoms with Gasteiger partial charge in [-0.3, -0.25) is 9.97 Å². The van der Waals surface area contributed by atoms with E-state index >= 15 is 0 Å². The molecule has 0 N–H and O–H groups in total. The van der Waals surface area contributed by atoms with Crippen LogP contribution in [-0.2, 0) is 0 Å². The third-order valence-electron chi connectivity index (χ3n) is 2.94. The zero-order chi connectivity index (χ0) is 10.1. The van der Waals surface area contributed by atoms with Gasteiger partial charge in [-0.15, -0.1) is 0 Å². The fourth-order valence-corrected chi connectivity index (χ4v) is 2.17. The molecule has 1 fully saturated rings. The molecule has 76 valence electrons. The van der Waals surface area contributed by atoms with E-state index in [1.54, 1.807) is 0 Å². The molecule has 0 radical (unpaired) electrons. The molecule has 3 heteroatoms. The molecule has 0 unspecified atom stereocenters. The Labute approximate surface area is 88.8 Å². The summed E-state index contributed by atoms with van der Waals surface area (Å²) in [6, 6.07) is 4.02. The van der Waals surface area contributed by atoms with Crippen molar-refractivity contribution in [3.05, 3.63) is 30.7 Å². The third-order valence-corrected chi connectivity index (χ3v) is 2.94. The number of hydrogen-bond donors (Lipinski definition) is 0. The largest absolute Gasteiger partial charge is 0.369 e. The molecule has 0 aliphatic carbocycles. The lowest BCUT2D eigenvalue weighted by molar-refractivity contribution is 0.949. The topological polar surface area (TPSA) is 29.0 Å². The van der Waals surface area contributed by atoms with Gasteiger partial charge in [0.1, 0.15) is 0 Å². The lowest BCUT2D eigenvalue weighted by atomic mass is 10.2. The van der Waals surface area contributed by atoms with E-state index in [4.69, 9.17) is 0 Å². The van der Waals surface area contributed by atoms with Crippen LogP contribution in [0.4, 0.5) is 5.69 Å². The minimum atomic E-state index is 1.08. The van der Waals surface area contributed by atoms with Gasteiger partial charge in [-0.2, -0.15) is 0 Å². The first-order chi connectivity index (χ1) is 7.45. The molecule has 0 amide bonds. The first-order valence-electron chi connectivity index (χ1n) is 5.39. The van der Waals surface area contributed by atoms with Crippen LogP contribution in [-0.4, -0.2) is 23.1 Å². The van der Waals surface area contributed by atoms with E-state index in [0.717, 1.165) is 24.0 Å². The molecular formula is C12H13N3. The fourth-order valence-electron chi connectivity index (χ4n) is 2.17. The van der Waals surface area contributed by atoms with Gasteiger partial charge in [0.05, 0.1) is 17.4 Å². The summed E-state index contributed by atoms with van der Waals surface area (Å²) in [5.74, 6) is 0. The fraction of sp³-hybridized carbons (Fsp3) is 0.333. The highest BCUT2D eigenvalue weighted by atomic mass is 15.2. The monoisotopic (exact) mass is 199 g/mol. The number of anilines is 1. The zero-order valence-electron chi connectivity index (χ0n) is 8.56. The molecule has 2 aromatic rings. The number of rotatable bonds is 1. The van der Waals surface area contributed by atoms with Crippen LogP contribution in [0.3, 0.4) is 0 Å². The SMILES string of the molecule is c1cnc2c(N3CCCC3)cncc2c1. The molecule has 3 heterocycles. The minimum Gasteiger partial charge on any atom is -0.369 e. The van der Waals surface area contributed by atoms with Crippen molar-refractivity contribution in [2.45, 2.75) is 12.8 Å². The molecule has 15 heavy (non-hydrogen) atoms. The summed E-state index contributed by atoms with van der Waals surface area (Å²) in [6.07, 6.45) is 8.22. The van der Waals surface area contributed by atoms with Gasteiger partial charge in [0.15, 0.2) is 0 Å². The summed E-state index contributed by atoms with van der Waals surface area (Å²) in [6.45, 7) is 2.27. The Bertz CT molecular complexity index is 470. The van der Waals surface area contributed by atoms with E-state index in [1.807, 2.05) is 24.7 Å². The molecule has 0 spiro atoms. The van der Waals surface area contributed by atoms with Crippen molar-refractivity contribution < 1.29 is 0 Å². The number of fused-ring (bicyclic) bond motifs is 1. The van der Waals surface area contributed by atoms with Crippen LogP contribution < -0.4 is 4.90 Å². The highest BCUT2D eigenvalue weighted by Crippen LogP contribution is 2.26. The maximum Gasteiger partial charge on any atom is 0.0966 e. The molecule has 1 aliphatic heterocycles. The number of pyridine rings is 2. The lowest BCUT2D eigenvalue weighted by Crippen LogP contribution is -2.18. The van der Waals surface area contributed by atoms with Crippen molar-refractivity contribution in [3.63, 3.8) is 0 Å². The van der Waals surface area contributed by atoms with E-state index in [-0.39, 0.29) is 0 Å². The third kappa shape index (κ3) is 1.44.